The van der Waals surface area contributed by atoms with Crippen LogP contribution in [0.3, 0.4) is 0 Å². The number of ether oxygens (including phenoxy) is 2. The van der Waals surface area contributed by atoms with Gasteiger partial charge in [-0.05, 0) is 53.1 Å². The maximum atomic E-state index is 12.9. The van der Waals surface area contributed by atoms with Gasteiger partial charge in [-0.15, -0.1) is 0 Å². The van der Waals surface area contributed by atoms with Crippen molar-refractivity contribution >= 4 is 63.1 Å². The van der Waals surface area contributed by atoms with Crippen LogP contribution in [0.15, 0.2) is 98.1 Å². The Morgan fingerprint density at radius 3 is 1.96 bits per heavy atom. The number of imidazole rings is 2. The summed E-state index contributed by atoms with van der Waals surface area (Å²) in [6.07, 6.45) is -4.00. The van der Waals surface area contributed by atoms with Crippen molar-refractivity contribution in [2.45, 2.75) is 68.5 Å². The zero-order valence-electron chi connectivity index (χ0n) is 37.2. The maximum absolute atomic E-state index is 12.9. The van der Waals surface area contributed by atoms with E-state index in [1.807, 2.05) is 24.3 Å². The van der Waals surface area contributed by atoms with Gasteiger partial charge in [-0.1, -0.05) is 48.2 Å². The minimum absolute atomic E-state index is 0.111. The van der Waals surface area contributed by atoms with E-state index in [-0.39, 0.29) is 31.2 Å². The molecule has 4 aromatic heterocycles. The van der Waals surface area contributed by atoms with Gasteiger partial charge >= 0.3 is 0 Å². The van der Waals surface area contributed by atoms with Crippen LogP contribution in [-0.4, -0.2) is 139 Å². The molecule has 2 aliphatic rings. The van der Waals surface area contributed by atoms with Crippen LogP contribution < -0.4 is 26.6 Å². The Hall–Kier alpha value is -7.95. The lowest BCUT2D eigenvalue weighted by Crippen LogP contribution is -2.41. The van der Waals surface area contributed by atoms with Crippen LogP contribution in [0.2, 0.25) is 0 Å². The number of hydrogen-bond donors (Lipinski definition) is 10. The van der Waals surface area contributed by atoms with Gasteiger partial charge in [0.15, 0.2) is 52.5 Å². The van der Waals surface area contributed by atoms with Crippen molar-refractivity contribution in [2.75, 3.05) is 36.1 Å². The van der Waals surface area contributed by atoms with Gasteiger partial charge in [0, 0.05) is 30.5 Å². The van der Waals surface area contributed by atoms with E-state index in [2.05, 4.69) is 68.3 Å². The summed E-state index contributed by atoms with van der Waals surface area (Å²) >= 11 is 0. The quantitative estimate of drug-likeness (QED) is 0.0614. The molecular weight excluding hydrogens is 907 g/mol. The van der Waals surface area contributed by atoms with Gasteiger partial charge in [-0.25, -0.2) is 29.9 Å². The lowest BCUT2D eigenvalue weighted by molar-refractivity contribution is -0.137. The van der Waals surface area contributed by atoms with Crippen LogP contribution in [0.5, 0.6) is 0 Å². The van der Waals surface area contributed by atoms with Crippen LogP contribution in [0.25, 0.3) is 22.3 Å². The minimum atomic E-state index is -1.44. The first-order valence-corrected chi connectivity index (χ1v) is 22.0. The van der Waals surface area contributed by atoms with Gasteiger partial charge in [-0.2, -0.15) is 0 Å². The number of likely N-dealkylation sites (N-methyl/N-ethyl adjacent to an activating group) is 1. The molecule has 360 valence electrons. The van der Waals surface area contributed by atoms with Gasteiger partial charge in [-0.3, -0.25) is 23.5 Å². The van der Waals surface area contributed by atoms with E-state index in [1.165, 1.54) is 41.5 Å². The van der Waals surface area contributed by atoms with E-state index in [9.17, 15) is 39.9 Å². The lowest BCUT2D eigenvalue weighted by atomic mass is 10.1. The molecule has 3 amide bonds. The number of fused-ring (bicyclic) bond motifs is 2. The van der Waals surface area contributed by atoms with E-state index in [0.717, 1.165) is 22.3 Å². The van der Waals surface area contributed by atoms with Gasteiger partial charge in [0.25, 0.3) is 5.91 Å². The van der Waals surface area contributed by atoms with Crippen molar-refractivity contribution in [1.29, 1.82) is 0 Å². The maximum Gasteiger partial charge on any atom is 0.251 e. The molecule has 7 aromatic rings. The van der Waals surface area contributed by atoms with Crippen molar-refractivity contribution in [3.8, 4) is 11.8 Å². The Morgan fingerprint density at radius 1 is 0.686 bits per heavy atom. The number of aliphatic hydroxyl groups is 5. The summed E-state index contributed by atoms with van der Waals surface area (Å²) in [4.78, 5) is 63.8. The molecule has 0 aliphatic carbocycles. The molecule has 0 unspecified atom stereocenters. The molecule has 0 saturated carbocycles. The fraction of sp³-hybridized carbons (Fsp3) is 0.298. The molecule has 9 rings (SSSR count). The topological polar surface area (TPSA) is 318 Å². The van der Waals surface area contributed by atoms with Crippen LogP contribution in [0, 0.1) is 11.8 Å². The zero-order valence-corrected chi connectivity index (χ0v) is 37.2. The average Bonchev–Trinajstić information content (AvgIpc) is 4.14. The first-order valence-electron chi connectivity index (χ1n) is 22.0. The fourth-order valence-electron chi connectivity index (χ4n) is 8.08. The van der Waals surface area contributed by atoms with Crippen molar-refractivity contribution in [2.24, 2.45) is 0 Å². The Morgan fingerprint density at radius 2 is 1.30 bits per heavy atom. The second kappa shape index (κ2) is 20.7. The number of aliphatic hydroxyl groups excluding tert-OH is 5. The predicted octanol–water partition coefficient (Wildman–Crippen LogP) is 0.190. The summed E-state index contributed by atoms with van der Waals surface area (Å²) in [7, 11) is 1.41. The molecule has 2 saturated heterocycles. The fourth-order valence-corrected chi connectivity index (χ4v) is 8.08. The molecule has 70 heavy (non-hydrogen) atoms. The van der Waals surface area contributed by atoms with Crippen LogP contribution in [0.4, 0.5) is 23.0 Å². The van der Waals surface area contributed by atoms with Crippen molar-refractivity contribution < 1.29 is 49.4 Å². The average molecular weight is 954 g/mol. The molecule has 0 spiro atoms. The van der Waals surface area contributed by atoms with E-state index in [0.29, 0.717) is 51.9 Å². The molecule has 23 nitrogen and oxygen atoms in total. The number of carbonyl (C=O) groups is 3. The molecule has 23 heteroatoms. The summed E-state index contributed by atoms with van der Waals surface area (Å²) in [5.41, 5.74) is 5.87. The van der Waals surface area contributed by atoms with Crippen LogP contribution in [0.1, 0.15) is 34.7 Å². The summed E-state index contributed by atoms with van der Waals surface area (Å²) in [6, 6.07) is 21.8. The molecule has 3 aromatic carbocycles. The van der Waals surface area contributed by atoms with E-state index in [1.54, 1.807) is 48.5 Å². The molecular formula is C47H47N13O10. The highest BCUT2D eigenvalue weighted by Crippen LogP contribution is 2.34. The largest absolute Gasteiger partial charge is 0.394 e. The first kappa shape index (κ1) is 47.1. The Balaban J connectivity index is 0.712. The SMILES string of the molecule is CNC(=O)[C@H]1O[C@@H](n2cnc3c(NCc4cccc(C#CCNC(=O)Cc5ccc(NC(=O)Cc6ccc(Nc7ncnc8c7ncn8[C@@H]7O[C@H](CO)[C@@H](O)[C@H]7O)cc6)cc5)c4)ncnc32)[C@H](O)[C@@H]1O. The number of nitrogens with one attached hydrogen (secondary N) is 5. The standard InChI is InChI=1S/C47H47N13O10/c1-48-45(68)40-37(65)39(67)47(70-40)60-23-55-34-41(51-21-53-43(34)60)50-19-28-5-2-4-25(16-28)6-3-15-49-32(62)17-26-7-11-29(12-8-26)57-33(63)18-27-9-13-30(14-10-27)58-42-35-44(54-22-52-42)59(24-56-35)46-38(66)36(64)31(20-61)69-46/h2,4-5,7-14,16,21-24,31,36-40,46-47,61,64-67H,15,17-20H2,1H3,(H,48,68)(H,49,62)(H,57,63)(H,50,51,53)(H,52,54,58)/t31-,36-,37+,38-,39-,40+,46-,47-/m1/s1. The normalized spacial score (nSPS) is 21.8. The second-order valence-corrected chi connectivity index (χ2v) is 16.4. The molecule has 10 N–H and O–H groups in total. The number of carbonyl (C=O) groups excluding carboxylic acids is 3. The van der Waals surface area contributed by atoms with Gasteiger partial charge in [0.05, 0.1) is 38.6 Å². The summed E-state index contributed by atoms with van der Waals surface area (Å²) < 4.78 is 14.2. The number of benzene rings is 3. The summed E-state index contributed by atoms with van der Waals surface area (Å²) in [5.74, 6) is 5.86. The van der Waals surface area contributed by atoms with Gasteiger partial charge < -0.3 is 61.6 Å². The smallest absolute Gasteiger partial charge is 0.251 e. The van der Waals surface area contributed by atoms with E-state index in [4.69, 9.17) is 9.47 Å². The van der Waals surface area contributed by atoms with Crippen LogP contribution >= 0.6 is 0 Å². The molecule has 0 bridgehead atoms. The molecule has 2 fully saturated rings. The number of aromatic nitrogens is 8. The van der Waals surface area contributed by atoms with E-state index < -0.39 is 61.6 Å². The third-order valence-electron chi connectivity index (χ3n) is 11.7. The van der Waals surface area contributed by atoms with Crippen molar-refractivity contribution in [1.82, 2.24) is 49.7 Å². The molecule has 0 radical (unpaired) electrons. The Kier molecular flexibility index (Phi) is 14.0. The van der Waals surface area contributed by atoms with Crippen LogP contribution in [-0.2, 0) is 43.2 Å². The highest BCUT2D eigenvalue weighted by atomic mass is 16.6. The number of amides is 3. The van der Waals surface area contributed by atoms with Crippen molar-refractivity contribution in [3.05, 3.63) is 120 Å². The Bertz CT molecular complexity index is 3080. The van der Waals surface area contributed by atoms with Gasteiger partial charge in [0.2, 0.25) is 11.8 Å². The first-order chi connectivity index (χ1) is 34.0. The molecule has 2 aliphatic heterocycles. The highest BCUT2D eigenvalue weighted by molar-refractivity contribution is 5.92. The number of hydrogen-bond acceptors (Lipinski definition) is 18. The van der Waals surface area contributed by atoms with Gasteiger partial charge in [0.1, 0.15) is 43.2 Å². The number of rotatable bonds is 15. The number of anilines is 4. The second-order valence-electron chi connectivity index (χ2n) is 16.4. The summed E-state index contributed by atoms with van der Waals surface area (Å²) in [6.45, 7) is 0.0324. The molecule has 6 heterocycles. The predicted molar refractivity (Wildman–Crippen MR) is 250 cm³/mol. The zero-order chi connectivity index (χ0) is 48.9. The lowest BCUT2D eigenvalue weighted by Gasteiger charge is -2.16. The van der Waals surface area contributed by atoms with E-state index >= 15 is 0 Å². The third kappa shape index (κ3) is 10.1. The monoisotopic (exact) mass is 953 g/mol. The number of nitrogens with zero attached hydrogens (tertiary/aromatic N) is 8. The molecule has 8 atom stereocenters. The minimum Gasteiger partial charge on any atom is -0.394 e. The summed E-state index contributed by atoms with van der Waals surface area (Å²) in [5, 5.41) is 65.7. The third-order valence-corrected chi connectivity index (χ3v) is 11.7. The van der Waals surface area contributed by atoms with Crippen molar-refractivity contribution in [3.63, 3.8) is 0 Å². The Labute approximate surface area is 398 Å². The highest BCUT2D eigenvalue weighted by Gasteiger charge is 2.48.